The third-order valence-electron chi connectivity index (χ3n) is 6.43. The number of rotatable bonds is 6. The molecule has 4 aromatic rings. The van der Waals surface area contributed by atoms with Gasteiger partial charge in [0.1, 0.15) is 46.2 Å². The average Bonchev–Trinajstić information content (AvgIpc) is 3.30. The Morgan fingerprint density at radius 2 is 1.23 bits per heavy atom. The third-order valence-corrected chi connectivity index (χ3v) is 6.43. The van der Waals surface area contributed by atoms with Crippen LogP contribution in [0.3, 0.4) is 0 Å². The minimum Gasteiger partial charge on any atom is -0.429 e. The minimum atomic E-state index is -4.74. The van der Waals surface area contributed by atoms with Crippen molar-refractivity contribution in [2.24, 2.45) is 0 Å². The molecule has 1 aliphatic carbocycles. The fourth-order valence-corrected chi connectivity index (χ4v) is 4.60. The molecule has 0 unspecified atom stereocenters. The number of fused-ring (bicyclic) bond motifs is 1. The molecular weight excluding hydrogens is 707 g/mol. The van der Waals surface area contributed by atoms with E-state index in [1.165, 1.54) is 0 Å². The summed E-state index contributed by atoms with van der Waals surface area (Å²) in [6.07, 6.45) is -0.360. The normalized spacial score (nSPS) is 12.6. The van der Waals surface area contributed by atoms with Crippen LogP contribution in [0.2, 0.25) is 0 Å². The van der Waals surface area contributed by atoms with Crippen LogP contribution in [0, 0.1) is 41.3 Å². The SMILES string of the molecule is C=Cc1c(F)cc(OC(F)(F)c2c(F)cc(-c3c(F)cc(-c4ccc5c(c4)C[CH-]C5)cc3F)cc2F)cc1F.[Hf]. The van der Waals surface area contributed by atoms with Crippen LogP contribution in [-0.2, 0) is 44.8 Å². The molecule has 0 saturated heterocycles. The summed E-state index contributed by atoms with van der Waals surface area (Å²) in [7, 11) is 0. The Bertz CT molecular complexity index is 1560. The van der Waals surface area contributed by atoms with Gasteiger partial charge in [0.25, 0.3) is 0 Å². The second-order valence-corrected chi connectivity index (χ2v) is 8.93. The average molecular weight is 724 g/mol. The van der Waals surface area contributed by atoms with E-state index in [2.05, 4.69) is 17.7 Å². The van der Waals surface area contributed by atoms with Gasteiger partial charge in [-0.1, -0.05) is 42.0 Å². The van der Waals surface area contributed by atoms with Crippen molar-refractivity contribution < 1.29 is 65.7 Å². The zero-order valence-electron chi connectivity index (χ0n) is 20.4. The van der Waals surface area contributed by atoms with E-state index in [9.17, 15) is 26.3 Å². The molecule has 0 bridgehead atoms. The number of alkyl halides is 2. The number of hydrogen-bond donors (Lipinski definition) is 0. The molecule has 0 radical (unpaired) electrons. The Hall–Kier alpha value is -3.27. The van der Waals surface area contributed by atoms with Crippen LogP contribution in [0.5, 0.6) is 5.75 Å². The molecule has 0 saturated carbocycles. The molecule has 5 rings (SSSR count). The number of halogens is 8. The van der Waals surface area contributed by atoms with Gasteiger partial charge in [0, 0.05) is 43.5 Å². The molecule has 0 fully saturated rings. The number of ether oxygens (including phenoxy) is 1. The summed E-state index contributed by atoms with van der Waals surface area (Å²) in [4.78, 5) is 0. The summed E-state index contributed by atoms with van der Waals surface area (Å²) in [5.74, 6) is -9.76. The van der Waals surface area contributed by atoms with Crippen LogP contribution < -0.4 is 4.74 Å². The van der Waals surface area contributed by atoms with Gasteiger partial charge in [0.05, 0.1) is 5.56 Å². The van der Waals surface area contributed by atoms with Crippen LogP contribution in [0.15, 0.2) is 61.2 Å². The van der Waals surface area contributed by atoms with E-state index in [0.717, 1.165) is 42.2 Å². The van der Waals surface area contributed by atoms with Crippen LogP contribution >= 0.6 is 0 Å². The van der Waals surface area contributed by atoms with Gasteiger partial charge in [-0.25, -0.2) is 26.3 Å². The Balaban J connectivity index is 0.00000370. The van der Waals surface area contributed by atoms with Gasteiger partial charge >= 0.3 is 6.11 Å². The Morgan fingerprint density at radius 1 is 0.675 bits per heavy atom. The first-order valence-corrected chi connectivity index (χ1v) is 11.6. The number of benzene rings is 4. The molecule has 0 amide bonds. The van der Waals surface area contributed by atoms with Crippen molar-refractivity contribution in [1.82, 2.24) is 0 Å². The summed E-state index contributed by atoms with van der Waals surface area (Å²) in [5.41, 5.74) is -1.19. The molecule has 1 nitrogen and oxygen atoms in total. The Kier molecular flexibility index (Phi) is 8.40. The van der Waals surface area contributed by atoms with Crippen molar-refractivity contribution >= 4 is 6.08 Å². The van der Waals surface area contributed by atoms with Crippen molar-refractivity contribution in [2.45, 2.75) is 19.0 Å². The van der Waals surface area contributed by atoms with Gasteiger partial charge < -0.3 is 11.2 Å². The first-order chi connectivity index (χ1) is 18.5. The van der Waals surface area contributed by atoms with Crippen molar-refractivity contribution in [3.8, 4) is 28.0 Å². The Morgan fingerprint density at radius 3 is 1.80 bits per heavy atom. The van der Waals surface area contributed by atoms with Crippen molar-refractivity contribution in [3.63, 3.8) is 0 Å². The van der Waals surface area contributed by atoms with Crippen LogP contribution in [0.1, 0.15) is 22.3 Å². The van der Waals surface area contributed by atoms with Crippen LogP contribution in [0.4, 0.5) is 35.1 Å². The van der Waals surface area contributed by atoms with E-state index in [-0.39, 0.29) is 31.4 Å². The van der Waals surface area contributed by atoms with Gasteiger partial charge in [0.15, 0.2) is 0 Å². The number of hydrogen-bond acceptors (Lipinski definition) is 1. The molecule has 204 valence electrons. The van der Waals surface area contributed by atoms with Crippen molar-refractivity contribution in [3.05, 3.63) is 125 Å². The molecule has 4 aromatic carbocycles. The molecule has 40 heavy (non-hydrogen) atoms. The summed E-state index contributed by atoms with van der Waals surface area (Å²) < 4.78 is 121. The van der Waals surface area contributed by atoms with E-state index in [1.807, 2.05) is 6.07 Å². The van der Waals surface area contributed by atoms with Crippen LogP contribution in [-0.4, -0.2) is 0 Å². The molecule has 1 aliphatic rings. The minimum absolute atomic E-state index is 0. The fraction of sp³-hybridized carbons (Fsp3) is 0.100. The zero-order chi connectivity index (χ0) is 28.1. The molecule has 0 N–H and O–H groups in total. The topological polar surface area (TPSA) is 9.23 Å². The van der Waals surface area contributed by atoms with E-state index in [4.69, 9.17) is 0 Å². The maximum absolute atomic E-state index is 15.0. The van der Waals surface area contributed by atoms with E-state index < -0.39 is 69.0 Å². The van der Waals surface area contributed by atoms with E-state index in [0.29, 0.717) is 29.8 Å². The molecule has 0 aliphatic heterocycles. The summed E-state index contributed by atoms with van der Waals surface area (Å²) in [6, 6.07) is 8.74. The van der Waals surface area contributed by atoms with Crippen molar-refractivity contribution in [2.75, 3.05) is 0 Å². The largest absolute Gasteiger partial charge is 0.432 e. The predicted molar refractivity (Wildman–Crippen MR) is 130 cm³/mol. The fourth-order valence-electron chi connectivity index (χ4n) is 4.60. The first kappa shape index (κ1) is 29.7. The summed E-state index contributed by atoms with van der Waals surface area (Å²) in [6.45, 7) is 3.18. The molecule has 0 spiro atoms. The van der Waals surface area contributed by atoms with Crippen LogP contribution in [0.25, 0.3) is 28.3 Å². The predicted octanol–water partition coefficient (Wildman–Crippen LogP) is 8.93. The third kappa shape index (κ3) is 5.50. The zero-order valence-corrected chi connectivity index (χ0v) is 24.0. The standard InChI is InChI=1S/C30H17F8O.Hf/c1-2-21-22(31)13-20(14-23(21)32)39-30(37,38)29-26(35)11-19(12-27(29)36)28-24(33)9-18(10-25(28)34)17-7-6-15-4-3-5-16(15)8-17;/h2-3,6-14H,1,4-5H2;/q-1;. The summed E-state index contributed by atoms with van der Waals surface area (Å²) in [5, 5.41) is 0. The molecule has 10 heteroatoms. The first-order valence-electron chi connectivity index (χ1n) is 11.6. The quantitative estimate of drug-likeness (QED) is 0.110. The monoisotopic (exact) mass is 725 g/mol. The van der Waals surface area contributed by atoms with Gasteiger partial charge in [0.2, 0.25) is 0 Å². The maximum atomic E-state index is 15.0. The molecular formula is C30H17F8HfO-. The second-order valence-electron chi connectivity index (χ2n) is 8.93. The summed E-state index contributed by atoms with van der Waals surface area (Å²) >= 11 is 0. The maximum Gasteiger partial charge on any atom is 0.432 e. The van der Waals surface area contributed by atoms with E-state index in [1.54, 1.807) is 12.1 Å². The van der Waals surface area contributed by atoms with Gasteiger partial charge in [-0.15, -0.1) is 0 Å². The smallest absolute Gasteiger partial charge is 0.429 e. The van der Waals surface area contributed by atoms with Gasteiger partial charge in [-0.2, -0.15) is 21.6 Å². The second kappa shape index (κ2) is 11.3. The van der Waals surface area contributed by atoms with E-state index >= 15 is 8.78 Å². The molecule has 0 aromatic heterocycles. The van der Waals surface area contributed by atoms with Gasteiger partial charge in [-0.3, -0.25) is 0 Å². The molecule has 0 heterocycles. The molecule has 0 atom stereocenters. The Labute approximate surface area is 242 Å². The van der Waals surface area contributed by atoms with Gasteiger partial charge in [-0.05, 0) is 41.0 Å². The van der Waals surface area contributed by atoms with Crippen molar-refractivity contribution in [1.29, 1.82) is 0 Å².